The number of hydrogen-bond donors (Lipinski definition) is 0. The van der Waals surface area contributed by atoms with Gasteiger partial charge in [-0.2, -0.15) is 71.8 Å². The number of halogens is 2. The van der Waals surface area contributed by atoms with Crippen LogP contribution < -0.4 is 24.8 Å². The van der Waals surface area contributed by atoms with E-state index in [1.807, 2.05) is 12.1 Å². The molecule has 0 saturated carbocycles. The van der Waals surface area contributed by atoms with E-state index in [1.54, 1.807) is 46.7 Å². The first-order chi connectivity index (χ1) is 22.2. The molecule has 6 heteroatoms. The van der Waals surface area contributed by atoms with Gasteiger partial charge in [0, 0.05) is 0 Å². The Bertz CT molecular complexity index is 1520. The maximum Gasteiger partial charge on any atom is -0.0253 e. The summed E-state index contributed by atoms with van der Waals surface area (Å²) in [6, 6.07) is 36.2. The summed E-state index contributed by atoms with van der Waals surface area (Å²) >= 11 is 3.48. The van der Waals surface area contributed by atoms with Crippen LogP contribution in [0.25, 0.3) is 22.3 Å². The fourth-order valence-corrected chi connectivity index (χ4v) is 5.02. The third kappa shape index (κ3) is 16.1. The van der Waals surface area contributed by atoms with E-state index >= 15 is 0 Å². The van der Waals surface area contributed by atoms with Gasteiger partial charge in [-0.1, -0.05) is 84.6 Å². The van der Waals surface area contributed by atoms with Crippen molar-refractivity contribution in [3.05, 3.63) is 167 Å². The van der Waals surface area contributed by atoms with E-state index in [4.69, 9.17) is 0 Å². The fraction of sp³-hybridized carbons (Fsp3) is 0.238. The molecule has 0 amide bonds. The van der Waals surface area contributed by atoms with Crippen molar-refractivity contribution >= 4 is 10.9 Å². The summed E-state index contributed by atoms with van der Waals surface area (Å²) in [5, 5.41) is 0. The van der Waals surface area contributed by atoms with Crippen molar-refractivity contribution in [3.8, 4) is 22.3 Å². The minimum atomic E-state index is 0. The van der Waals surface area contributed by atoms with Gasteiger partial charge >= 0.3 is 83.7 Å². The van der Waals surface area contributed by atoms with Gasteiger partial charge in [0.05, 0.1) is 0 Å². The normalized spacial score (nSPS) is 12.5. The van der Waals surface area contributed by atoms with Crippen molar-refractivity contribution in [1.29, 1.82) is 0 Å². The molecule has 4 aliphatic rings. The van der Waals surface area contributed by atoms with Crippen LogP contribution in [-0.4, -0.2) is 10.9 Å². The molecule has 48 heavy (non-hydrogen) atoms. The first-order valence-corrected chi connectivity index (χ1v) is 28.2. The molecule has 4 aromatic rings. The number of fused-ring (bicyclic) bond motifs is 6. The molecular formula is C42H44Cl2Si2Zr2-2. The predicted octanol–water partition coefficient (Wildman–Crippen LogP) is 5.08. The molecule has 0 unspecified atom stereocenters. The molecule has 244 valence electrons. The molecule has 0 N–H and O–H groups in total. The first-order valence-electron chi connectivity index (χ1n) is 15.8. The summed E-state index contributed by atoms with van der Waals surface area (Å²) < 4.78 is 0. The van der Waals surface area contributed by atoms with Crippen LogP contribution in [0.15, 0.2) is 120 Å². The quantitative estimate of drug-likeness (QED) is 0.148. The zero-order valence-electron chi connectivity index (χ0n) is 29.0. The van der Waals surface area contributed by atoms with Crippen LogP contribution in [0.4, 0.5) is 0 Å². The Morgan fingerprint density at radius 2 is 0.854 bits per heavy atom. The molecule has 8 rings (SSSR count). The molecule has 0 atom stereocenters. The molecule has 0 nitrogen and oxygen atoms in total. The van der Waals surface area contributed by atoms with E-state index in [1.165, 1.54) is 55.7 Å². The second-order valence-electron chi connectivity index (χ2n) is 11.7. The van der Waals surface area contributed by atoms with Gasteiger partial charge in [-0.15, -0.1) is 24.0 Å². The van der Waals surface area contributed by atoms with E-state index < -0.39 is 0 Å². The molecule has 4 aliphatic carbocycles. The first kappa shape index (κ1) is 44.6. The molecule has 0 heterocycles. The van der Waals surface area contributed by atoms with Crippen molar-refractivity contribution in [2.24, 2.45) is 0 Å². The summed E-state index contributed by atoms with van der Waals surface area (Å²) in [5.41, 5.74) is 14.0. The van der Waals surface area contributed by atoms with Crippen molar-refractivity contribution in [2.45, 2.75) is 65.7 Å². The molecular weight excluding hydrogens is 814 g/mol. The Kier molecular flexibility index (Phi) is 23.0. The van der Waals surface area contributed by atoms with Crippen molar-refractivity contribution < 1.29 is 71.5 Å². The third-order valence-corrected chi connectivity index (χ3v) is 6.97. The van der Waals surface area contributed by atoms with Crippen LogP contribution in [0.1, 0.15) is 48.9 Å². The van der Waals surface area contributed by atoms with Crippen LogP contribution in [0, 0.1) is 24.3 Å². The Balaban J connectivity index is 0.000000307. The maximum atomic E-state index is 3.30. The van der Waals surface area contributed by atoms with Crippen molar-refractivity contribution in [3.63, 3.8) is 0 Å². The van der Waals surface area contributed by atoms with Crippen LogP contribution in [0.3, 0.4) is 0 Å². The molecule has 4 aromatic carbocycles. The van der Waals surface area contributed by atoms with Gasteiger partial charge in [0.2, 0.25) is 0 Å². The second kappa shape index (κ2) is 24.7. The van der Waals surface area contributed by atoms with Crippen LogP contribution in [0.2, 0.25) is 26.2 Å². The summed E-state index contributed by atoms with van der Waals surface area (Å²) in [5.74, 6) is 0. The topological polar surface area (TPSA) is 0 Å². The second-order valence-corrected chi connectivity index (χ2v) is 30.5. The van der Waals surface area contributed by atoms with Gasteiger partial charge in [0.25, 0.3) is 0 Å². The molecule has 0 saturated heterocycles. The van der Waals surface area contributed by atoms with E-state index in [0.29, 0.717) is 0 Å². The average molecular weight is 858 g/mol. The Morgan fingerprint density at radius 3 is 1.15 bits per heavy atom. The number of rotatable bonds is 0. The van der Waals surface area contributed by atoms with Gasteiger partial charge in [0.1, 0.15) is 0 Å². The Labute approximate surface area is 333 Å². The zero-order chi connectivity index (χ0) is 33.3. The molecule has 0 aliphatic heterocycles. The van der Waals surface area contributed by atoms with Crippen molar-refractivity contribution in [2.75, 3.05) is 0 Å². The number of allylic oxidation sites excluding steroid dienone is 8. The van der Waals surface area contributed by atoms with Crippen LogP contribution in [0.5, 0.6) is 0 Å². The summed E-state index contributed by atoms with van der Waals surface area (Å²) in [6.07, 6.45) is 18.8. The van der Waals surface area contributed by atoms with Gasteiger partial charge < -0.3 is 24.8 Å². The van der Waals surface area contributed by atoms with Crippen LogP contribution in [-0.2, 0) is 59.5 Å². The van der Waals surface area contributed by atoms with Gasteiger partial charge in [-0.25, -0.2) is 23.3 Å². The molecule has 0 spiro atoms. The molecule has 0 aromatic heterocycles. The van der Waals surface area contributed by atoms with Crippen LogP contribution >= 0.6 is 0 Å². The summed E-state index contributed by atoms with van der Waals surface area (Å²) in [6.45, 7) is 13.4. The molecule has 0 fully saturated rings. The van der Waals surface area contributed by atoms with Gasteiger partial charge in [0.15, 0.2) is 0 Å². The van der Waals surface area contributed by atoms with E-state index in [2.05, 4.69) is 161 Å². The zero-order valence-corrected chi connectivity index (χ0v) is 37.4. The molecule has 0 radical (unpaired) electrons. The van der Waals surface area contributed by atoms with E-state index in [0.717, 1.165) is 25.7 Å². The smallest absolute Gasteiger partial charge is 0.0253 e. The predicted molar refractivity (Wildman–Crippen MR) is 194 cm³/mol. The van der Waals surface area contributed by atoms with Gasteiger partial charge in [-0.05, 0) is 12.8 Å². The van der Waals surface area contributed by atoms with E-state index in [-0.39, 0.29) is 35.7 Å². The standard InChI is InChI=1S/2C13H9.2C6H7.2C2H6Si.2ClH.2Zr/c2*1-3-7-12-10(5-1)9-11-6-2-4-8-13(11)12;2*1-6-4-2-3-5-6;2*1-3-2;;;;/h2*1-5,7-8H,9H2;2*2,4H,3H2,1H3;2*1-2H3;2*1H;;/q4*-1;;;;;2*+2/p-2. The summed E-state index contributed by atoms with van der Waals surface area (Å²) in [4.78, 5) is 0. The third-order valence-electron chi connectivity index (χ3n) is 6.97. The molecule has 0 bridgehead atoms. The largest absolute Gasteiger partial charge is 1.00 e. The number of hydrogen-bond acceptors (Lipinski definition) is 0. The van der Waals surface area contributed by atoms with Crippen molar-refractivity contribution in [1.82, 2.24) is 0 Å². The Morgan fingerprint density at radius 1 is 0.521 bits per heavy atom. The minimum Gasteiger partial charge on any atom is -1.00 e. The number of benzene rings is 4. The minimum absolute atomic E-state index is 0. The van der Waals surface area contributed by atoms with Gasteiger partial charge in [-0.3, -0.25) is 12.2 Å². The van der Waals surface area contributed by atoms with E-state index in [9.17, 15) is 0 Å². The average Bonchev–Trinajstić information content (AvgIpc) is 3.84. The monoisotopic (exact) mass is 854 g/mol. The summed E-state index contributed by atoms with van der Waals surface area (Å²) in [7, 11) is 0. The maximum absolute atomic E-state index is 3.30. The SMILES string of the molecule is CC1=[C-]CC=C1.CC1=[C-]CC=C1.C[Si](C)=[Zr+2].C[Si](C)=[Zr+2].[Cl-].[Cl-].[c-]1cccc2c1Cc1ccccc1-2.[c-]1cccc2c1Cc1ccccc1-2. The Hall–Kier alpha value is -1.38. The fourth-order valence-electron chi connectivity index (χ4n) is 5.02.